The van der Waals surface area contributed by atoms with E-state index in [1.807, 2.05) is 0 Å². The lowest BCUT2D eigenvalue weighted by atomic mass is 9.82. The Labute approximate surface area is 121 Å². The summed E-state index contributed by atoms with van der Waals surface area (Å²) >= 11 is 0. The first kappa shape index (κ1) is 13.3. The van der Waals surface area contributed by atoms with Gasteiger partial charge < -0.3 is 5.11 Å². The molecule has 0 saturated heterocycles. The number of hydrogen-bond acceptors (Lipinski definition) is 4. The summed E-state index contributed by atoms with van der Waals surface area (Å²) in [6, 6.07) is 8.78. The Bertz CT molecular complexity index is 708. The summed E-state index contributed by atoms with van der Waals surface area (Å²) < 4.78 is 1.76. The van der Waals surface area contributed by atoms with Gasteiger partial charge >= 0.3 is 5.97 Å². The summed E-state index contributed by atoms with van der Waals surface area (Å²) in [6.45, 7) is 0.500. The second-order valence-corrected chi connectivity index (χ2v) is 5.22. The second kappa shape index (κ2) is 5.37. The Kier molecular flexibility index (Phi) is 3.40. The number of carboxylic acid groups (broad SMARTS) is 1. The molecule has 1 heterocycles. The molecule has 1 aromatic heterocycles. The molecule has 3 rings (SSSR count). The van der Waals surface area contributed by atoms with Crippen molar-refractivity contribution in [2.45, 2.75) is 31.7 Å². The van der Waals surface area contributed by atoms with Crippen LogP contribution in [-0.2, 0) is 6.54 Å². The quantitative estimate of drug-likeness (QED) is 0.927. The monoisotopic (exact) mass is 282 g/mol. The normalized spacial score (nSPS) is 14.4. The van der Waals surface area contributed by atoms with Gasteiger partial charge in [-0.1, -0.05) is 23.8 Å². The zero-order chi connectivity index (χ0) is 14.8. The van der Waals surface area contributed by atoms with Gasteiger partial charge in [0.15, 0.2) is 5.69 Å². The highest BCUT2D eigenvalue weighted by molar-refractivity contribution is 5.87. The smallest absolute Gasteiger partial charge is 0.335 e. The van der Waals surface area contributed by atoms with Crippen molar-refractivity contribution in [3.63, 3.8) is 0 Å². The fraction of sp³-hybridized carbons (Fsp3) is 0.333. The lowest BCUT2D eigenvalue weighted by Crippen LogP contribution is -2.17. The number of hydrogen-bond donors (Lipinski definition) is 1. The van der Waals surface area contributed by atoms with E-state index in [0.29, 0.717) is 18.2 Å². The van der Waals surface area contributed by atoms with Crippen molar-refractivity contribution < 1.29 is 9.90 Å². The van der Waals surface area contributed by atoms with E-state index in [9.17, 15) is 4.79 Å². The maximum absolute atomic E-state index is 10.8. The predicted octanol–water partition coefficient (Wildman–Crippen LogP) is 2.16. The molecular weight excluding hydrogens is 268 g/mol. The van der Waals surface area contributed by atoms with Crippen molar-refractivity contribution in [2.75, 3.05) is 0 Å². The molecule has 1 aliphatic carbocycles. The van der Waals surface area contributed by atoms with Gasteiger partial charge in [0.05, 0.1) is 17.8 Å². The van der Waals surface area contributed by atoms with Crippen LogP contribution < -0.4 is 0 Å². The van der Waals surface area contributed by atoms with Crippen LogP contribution in [0.25, 0.3) is 0 Å². The molecule has 6 heteroatoms. The highest BCUT2D eigenvalue weighted by Crippen LogP contribution is 2.37. The molecule has 0 aliphatic heterocycles. The van der Waals surface area contributed by atoms with Crippen LogP contribution >= 0.6 is 0 Å². The zero-order valence-electron chi connectivity index (χ0n) is 11.4. The minimum absolute atomic E-state index is 0.259. The van der Waals surface area contributed by atoms with Crippen LogP contribution in [0.2, 0.25) is 0 Å². The number of aromatic carboxylic acids is 1. The molecule has 0 bridgehead atoms. The Hall–Kier alpha value is -2.68. The summed E-state index contributed by atoms with van der Waals surface area (Å²) in [5.74, 6) is -0.572. The van der Waals surface area contributed by atoms with Crippen molar-refractivity contribution >= 4 is 5.97 Å². The molecule has 0 radical (unpaired) electrons. The van der Waals surface area contributed by atoms with Gasteiger partial charge in [-0.2, -0.15) is 5.26 Å². The van der Waals surface area contributed by atoms with Gasteiger partial charge in [-0.25, -0.2) is 9.48 Å². The number of carbonyl (C=O) groups is 1. The minimum atomic E-state index is -0.941. The van der Waals surface area contributed by atoms with E-state index < -0.39 is 5.97 Å². The first-order valence-corrected chi connectivity index (χ1v) is 6.84. The van der Waals surface area contributed by atoms with E-state index >= 15 is 0 Å². The van der Waals surface area contributed by atoms with Gasteiger partial charge in [0.25, 0.3) is 0 Å². The number of aromatic nitrogens is 3. The molecule has 1 N–H and O–H groups in total. The number of carboxylic acids is 1. The van der Waals surface area contributed by atoms with E-state index in [4.69, 9.17) is 10.4 Å². The molecule has 0 amide bonds. The highest BCUT2D eigenvalue weighted by Gasteiger charge is 2.27. The van der Waals surface area contributed by atoms with E-state index in [-0.39, 0.29) is 5.56 Å². The number of nitriles is 1. The predicted molar refractivity (Wildman–Crippen MR) is 73.8 cm³/mol. The van der Waals surface area contributed by atoms with Gasteiger partial charge in [0, 0.05) is 5.92 Å². The van der Waals surface area contributed by atoms with E-state index in [1.54, 1.807) is 28.9 Å². The van der Waals surface area contributed by atoms with Crippen molar-refractivity contribution in [1.82, 2.24) is 15.0 Å². The summed E-state index contributed by atoms with van der Waals surface area (Å²) in [6.07, 6.45) is 3.31. The summed E-state index contributed by atoms with van der Waals surface area (Å²) in [4.78, 5) is 10.8. The van der Waals surface area contributed by atoms with Crippen molar-refractivity contribution in [2.24, 2.45) is 0 Å². The van der Waals surface area contributed by atoms with Crippen LogP contribution in [0.5, 0.6) is 0 Å². The van der Waals surface area contributed by atoms with Crippen molar-refractivity contribution in [3.05, 3.63) is 46.8 Å². The Morgan fingerprint density at radius 1 is 1.38 bits per heavy atom. The van der Waals surface area contributed by atoms with Crippen LogP contribution in [0.1, 0.15) is 52.5 Å². The Morgan fingerprint density at radius 2 is 2.10 bits per heavy atom. The third kappa shape index (κ3) is 2.50. The van der Waals surface area contributed by atoms with Gasteiger partial charge in [-0.3, -0.25) is 0 Å². The lowest BCUT2D eigenvalue weighted by Gasteiger charge is -2.25. The maximum atomic E-state index is 10.8. The molecule has 1 aliphatic rings. The fourth-order valence-corrected chi connectivity index (χ4v) is 2.53. The van der Waals surface area contributed by atoms with Crippen LogP contribution in [0, 0.1) is 11.3 Å². The van der Waals surface area contributed by atoms with E-state index in [0.717, 1.165) is 24.1 Å². The number of rotatable bonds is 4. The molecule has 6 nitrogen and oxygen atoms in total. The number of benzene rings is 1. The molecule has 1 aromatic carbocycles. The van der Waals surface area contributed by atoms with Crippen LogP contribution in [0.3, 0.4) is 0 Å². The van der Waals surface area contributed by atoms with E-state index in [1.165, 1.54) is 6.42 Å². The topological polar surface area (TPSA) is 91.8 Å². The summed E-state index contributed by atoms with van der Waals surface area (Å²) in [5.41, 5.74) is 2.51. The fourth-order valence-electron chi connectivity index (χ4n) is 2.53. The Balaban J connectivity index is 1.86. The highest BCUT2D eigenvalue weighted by atomic mass is 16.4. The summed E-state index contributed by atoms with van der Waals surface area (Å²) in [5, 5.41) is 26.0. The first-order chi connectivity index (χ1) is 10.2. The van der Waals surface area contributed by atoms with Crippen LogP contribution in [0.15, 0.2) is 24.3 Å². The van der Waals surface area contributed by atoms with Crippen LogP contribution in [0.4, 0.5) is 0 Å². The molecule has 0 unspecified atom stereocenters. The van der Waals surface area contributed by atoms with Gasteiger partial charge in [-0.05, 0) is 30.5 Å². The van der Waals surface area contributed by atoms with E-state index in [2.05, 4.69) is 16.4 Å². The average molecular weight is 282 g/mol. The van der Waals surface area contributed by atoms with Gasteiger partial charge in [0.2, 0.25) is 0 Å². The van der Waals surface area contributed by atoms with Gasteiger partial charge in [-0.15, -0.1) is 5.10 Å². The molecule has 1 saturated carbocycles. The van der Waals surface area contributed by atoms with Crippen molar-refractivity contribution in [3.8, 4) is 6.07 Å². The van der Waals surface area contributed by atoms with Crippen molar-refractivity contribution in [1.29, 1.82) is 5.26 Å². The first-order valence-electron chi connectivity index (χ1n) is 6.84. The third-order valence-electron chi connectivity index (χ3n) is 3.90. The standard InChI is InChI=1S/C15H14N4O2/c16-8-13-14(11-2-1-3-11)19(18-17-13)9-10-4-6-12(7-5-10)15(20)21/h4-7,11H,1-3,9H2,(H,20,21). The third-order valence-corrected chi connectivity index (χ3v) is 3.90. The molecule has 0 spiro atoms. The Morgan fingerprint density at radius 3 is 2.62 bits per heavy atom. The number of nitrogens with zero attached hydrogens (tertiary/aromatic N) is 4. The van der Waals surface area contributed by atoms with Crippen LogP contribution in [-0.4, -0.2) is 26.1 Å². The minimum Gasteiger partial charge on any atom is -0.478 e. The molecule has 2 aromatic rings. The van der Waals surface area contributed by atoms with Gasteiger partial charge in [0.1, 0.15) is 6.07 Å². The molecule has 1 fully saturated rings. The largest absolute Gasteiger partial charge is 0.478 e. The average Bonchev–Trinajstić information content (AvgIpc) is 2.80. The molecule has 0 atom stereocenters. The zero-order valence-corrected chi connectivity index (χ0v) is 11.4. The second-order valence-electron chi connectivity index (χ2n) is 5.22. The molecule has 106 valence electrons. The maximum Gasteiger partial charge on any atom is 0.335 e. The SMILES string of the molecule is N#Cc1nnn(Cc2ccc(C(=O)O)cc2)c1C1CCC1. The molecular formula is C15H14N4O2. The molecule has 21 heavy (non-hydrogen) atoms. The lowest BCUT2D eigenvalue weighted by molar-refractivity contribution is 0.0697. The summed E-state index contributed by atoms with van der Waals surface area (Å²) in [7, 11) is 0.